The second-order valence-electron chi connectivity index (χ2n) is 7.69. The number of hydrogen-bond donors (Lipinski definition) is 2. The molecule has 0 atom stereocenters. The monoisotopic (exact) mass is 346 g/mol. The second kappa shape index (κ2) is 7.61. The SMILES string of the molecule is CC(C)(C)C=Cc1ccc(C(=O)NCCc2c[nH]c3ccccc23)cc1. The Morgan fingerprint density at radius 1 is 1.08 bits per heavy atom. The van der Waals surface area contributed by atoms with Gasteiger partial charge < -0.3 is 10.3 Å². The summed E-state index contributed by atoms with van der Waals surface area (Å²) in [5.41, 5.74) is 4.31. The maximum atomic E-state index is 12.3. The van der Waals surface area contributed by atoms with Crippen LogP contribution in [0.15, 0.2) is 60.8 Å². The number of rotatable bonds is 5. The Labute approximate surface area is 155 Å². The molecule has 0 aliphatic carbocycles. The topological polar surface area (TPSA) is 44.9 Å². The summed E-state index contributed by atoms with van der Waals surface area (Å²) in [6, 6.07) is 15.9. The molecule has 2 N–H and O–H groups in total. The van der Waals surface area contributed by atoms with Crippen molar-refractivity contribution >= 4 is 22.9 Å². The lowest BCUT2D eigenvalue weighted by atomic mass is 9.95. The standard InChI is InChI=1S/C23H26N2O/c1-23(2,3)14-12-17-8-10-18(11-9-17)22(26)24-15-13-19-16-25-21-7-5-4-6-20(19)21/h4-12,14,16,25H,13,15H2,1-3H3,(H,24,26). The largest absolute Gasteiger partial charge is 0.361 e. The van der Waals surface area contributed by atoms with E-state index in [1.807, 2.05) is 42.6 Å². The van der Waals surface area contributed by atoms with Gasteiger partial charge in [-0.15, -0.1) is 0 Å². The number of carbonyl (C=O) groups excluding carboxylic acids is 1. The molecule has 0 fully saturated rings. The van der Waals surface area contributed by atoms with Crippen LogP contribution >= 0.6 is 0 Å². The molecule has 0 bridgehead atoms. The van der Waals surface area contributed by atoms with Crippen LogP contribution in [0.25, 0.3) is 17.0 Å². The Balaban J connectivity index is 1.56. The molecule has 26 heavy (non-hydrogen) atoms. The van der Waals surface area contributed by atoms with Gasteiger partial charge >= 0.3 is 0 Å². The number of nitrogens with one attached hydrogen (secondary N) is 2. The zero-order chi connectivity index (χ0) is 18.6. The molecule has 0 saturated carbocycles. The minimum atomic E-state index is -0.0313. The summed E-state index contributed by atoms with van der Waals surface area (Å²) < 4.78 is 0. The Kier molecular flexibility index (Phi) is 5.27. The molecule has 1 heterocycles. The van der Waals surface area contributed by atoms with Crippen molar-refractivity contribution in [3.05, 3.63) is 77.5 Å². The number of fused-ring (bicyclic) bond motifs is 1. The Bertz CT molecular complexity index is 911. The van der Waals surface area contributed by atoms with Gasteiger partial charge in [0, 0.05) is 29.2 Å². The van der Waals surface area contributed by atoms with E-state index in [2.05, 4.69) is 55.4 Å². The predicted octanol–water partition coefficient (Wildman–Crippen LogP) is 5.20. The fourth-order valence-electron chi connectivity index (χ4n) is 2.84. The predicted molar refractivity (Wildman–Crippen MR) is 109 cm³/mol. The van der Waals surface area contributed by atoms with Crippen LogP contribution in [0.1, 0.15) is 42.3 Å². The zero-order valence-corrected chi connectivity index (χ0v) is 15.7. The van der Waals surface area contributed by atoms with E-state index >= 15 is 0 Å². The number of para-hydroxylation sites is 1. The van der Waals surface area contributed by atoms with Crippen molar-refractivity contribution in [1.29, 1.82) is 0 Å². The third kappa shape index (κ3) is 4.63. The van der Waals surface area contributed by atoms with Gasteiger partial charge in [0.25, 0.3) is 5.91 Å². The first-order valence-corrected chi connectivity index (χ1v) is 9.05. The van der Waals surface area contributed by atoms with Crippen molar-refractivity contribution in [3.8, 4) is 0 Å². The van der Waals surface area contributed by atoms with Crippen molar-refractivity contribution in [1.82, 2.24) is 10.3 Å². The molecule has 1 amide bonds. The zero-order valence-electron chi connectivity index (χ0n) is 15.7. The van der Waals surface area contributed by atoms with E-state index in [0.717, 1.165) is 17.5 Å². The van der Waals surface area contributed by atoms with E-state index in [1.165, 1.54) is 10.9 Å². The van der Waals surface area contributed by atoms with Gasteiger partial charge in [-0.05, 0) is 41.2 Å². The van der Waals surface area contributed by atoms with Crippen molar-refractivity contribution < 1.29 is 4.79 Å². The van der Waals surface area contributed by atoms with E-state index < -0.39 is 0 Å². The molecule has 0 spiro atoms. The minimum absolute atomic E-state index is 0.0313. The Morgan fingerprint density at radius 3 is 2.54 bits per heavy atom. The molecule has 0 unspecified atom stereocenters. The summed E-state index contributed by atoms with van der Waals surface area (Å²) in [7, 11) is 0. The third-order valence-electron chi connectivity index (χ3n) is 4.30. The minimum Gasteiger partial charge on any atom is -0.361 e. The van der Waals surface area contributed by atoms with Gasteiger partial charge in [0.2, 0.25) is 0 Å². The molecular formula is C23H26N2O. The summed E-state index contributed by atoms with van der Waals surface area (Å²) in [5, 5.41) is 4.23. The quantitative estimate of drug-likeness (QED) is 0.655. The molecule has 134 valence electrons. The van der Waals surface area contributed by atoms with Gasteiger partial charge in [-0.3, -0.25) is 4.79 Å². The number of amides is 1. The molecule has 3 rings (SSSR count). The van der Waals surface area contributed by atoms with Gasteiger partial charge in [0.1, 0.15) is 0 Å². The summed E-state index contributed by atoms with van der Waals surface area (Å²) in [6.07, 6.45) is 7.09. The molecule has 3 aromatic rings. The fourth-order valence-corrected chi connectivity index (χ4v) is 2.84. The normalized spacial score (nSPS) is 12.0. The van der Waals surface area contributed by atoms with Gasteiger partial charge in [-0.1, -0.05) is 63.3 Å². The number of benzene rings is 2. The highest BCUT2D eigenvalue weighted by Crippen LogP contribution is 2.18. The van der Waals surface area contributed by atoms with Crippen LogP contribution in [0.5, 0.6) is 0 Å². The molecule has 3 nitrogen and oxygen atoms in total. The lowest BCUT2D eigenvalue weighted by Gasteiger charge is -2.11. The molecule has 0 radical (unpaired) electrons. The summed E-state index contributed by atoms with van der Waals surface area (Å²) in [6.45, 7) is 7.11. The fraction of sp³-hybridized carbons (Fsp3) is 0.261. The third-order valence-corrected chi connectivity index (χ3v) is 4.30. The Hall–Kier alpha value is -2.81. The molecule has 1 aromatic heterocycles. The number of carbonyl (C=O) groups is 1. The van der Waals surface area contributed by atoms with Crippen molar-refractivity contribution in [2.75, 3.05) is 6.54 Å². The van der Waals surface area contributed by atoms with Crippen LogP contribution in [-0.2, 0) is 6.42 Å². The molecule has 3 heteroatoms. The summed E-state index contributed by atoms with van der Waals surface area (Å²) >= 11 is 0. The number of hydrogen-bond acceptors (Lipinski definition) is 1. The average Bonchev–Trinajstić information content (AvgIpc) is 3.03. The van der Waals surface area contributed by atoms with E-state index in [4.69, 9.17) is 0 Å². The van der Waals surface area contributed by atoms with Gasteiger partial charge in [-0.25, -0.2) is 0 Å². The average molecular weight is 346 g/mol. The number of H-pyrrole nitrogens is 1. The van der Waals surface area contributed by atoms with E-state index in [0.29, 0.717) is 12.1 Å². The highest BCUT2D eigenvalue weighted by atomic mass is 16.1. The first-order chi connectivity index (χ1) is 12.4. The molecule has 0 saturated heterocycles. The molecule has 0 aliphatic rings. The number of aromatic nitrogens is 1. The van der Waals surface area contributed by atoms with Crippen LogP contribution in [0, 0.1) is 5.41 Å². The maximum Gasteiger partial charge on any atom is 0.251 e. The van der Waals surface area contributed by atoms with Crippen LogP contribution < -0.4 is 5.32 Å². The Morgan fingerprint density at radius 2 is 1.81 bits per heavy atom. The molecular weight excluding hydrogens is 320 g/mol. The lowest BCUT2D eigenvalue weighted by molar-refractivity contribution is 0.0954. The summed E-state index contributed by atoms with van der Waals surface area (Å²) in [4.78, 5) is 15.6. The smallest absolute Gasteiger partial charge is 0.251 e. The van der Waals surface area contributed by atoms with Crippen LogP contribution in [0.2, 0.25) is 0 Å². The molecule has 0 aliphatic heterocycles. The number of allylic oxidation sites excluding steroid dienone is 1. The van der Waals surface area contributed by atoms with E-state index in [1.54, 1.807) is 0 Å². The maximum absolute atomic E-state index is 12.3. The van der Waals surface area contributed by atoms with Crippen molar-refractivity contribution in [3.63, 3.8) is 0 Å². The van der Waals surface area contributed by atoms with E-state index in [9.17, 15) is 4.79 Å². The van der Waals surface area contributed by atoms with Gasteiger partial charge in [0.15, 0.2) is 0 Å². The van der Waals surface area contributed by atoms with Crippen LogP contribution in [0.3, 0.4) is 0 Å². The first kappa shape index (κ1) is 18.0. The lowest BCUT2D eigenvalue weighted by Crippen LogP contribution is -2.25. The number of aromatic amines is 1. The van der Waals surface area contributed by atoms with Crippen LogP contribution in [0.4, 0.5) is 0 Å². The van der Waals surface area contributed by atoms with Gasteiger partial charge in [-0.2, -0.15) is 0 Å². The van der Waals surface area contributed by atoms with Crippen molar-refractivity contribution in [2.24, 2.45) is 5.41 Å². The first-order valence-electron chi connectivity index (χ1n) is 9.05. The van der Waals surface area contributed by atoms with E-state index in [-0.39, 0.29) is 11.3 Å². The van der Waals surface area contributed by atoms with Crippen LogP contribution in [-0.4, -0.2) is 17.4 Å². The highest BCUT2D eigenvalue weighted by molar-refractivity contribution is 5.94. The molecule has 2 aromatic carbocycles. The summed E-state index contributed by atoms with van der Waals surface area (Å²) in [5.74, 6) is -0.0313. The highest BCUT2D eigenvalue weighted by Gasteiger charge is 2.07. The second-order valence-corrected chi connectivity index (χ2v) is 7.69. The van der Waals surface area contributed by atoms with Gasteiger partial charge in [0.05, 0.1) is 0 Å². The van der Waals surface area contributed by atoms with Crippen molar-refractivity contribution in [2.45, 2.75) is 27.2 Å².